The predicted octanol–water partition coefficient (Wildman–Crippen LogP) is 4.25. The van der Waals surface area contributed by atoms with E-state index in [0.717, 1.165) is 44.0 Å². The van der Waals surface area contributed by atoms with E-state index in [-0.39, 0.29) is 11.8 Å². The molecule has 3 aliphatic rings. The molecule has 2 aromatic rings. The van der Waals surface area contributed by atoms with Gasteiger partial charge in [0.1, 0.15) is 0 Å². The van der Waals surface area contributed by atoms with E-state index in [9.17, 15) is 0 Å². The Morgan fingerprint density at radius 1 is 1.25 bits per heavy atom. The Bertz CT molecular complexity index is 872. The van der Waals surface area contributed by atoms with Crippen molar-refractivity contribution < 1.29 is 9.47 Å². The highest BCUT2D eigenvalue weighted by Gasteiger charge is 2.52. The first kappa shape index (κ1) is 18.0. The van der Waals surface area contributed by atoms with Crippen LogP contribution in [0.25, 0.3) is 5.70 Å². The number of likely N-dealkylation sites (tertiary alicyclic amines) is 1. The SMILES string of the molecule is CCCN1CCC2(CC1)Oc1c(OC)cccc1[C@@H]1C=C(c3cccs3)NN12. The summed E-state index contributed by atoms with van der Waals surface area (Å²) < 4.78 is 12.4. The van der Waals surface area contributed by atoms with Crippen molar-refractivity contribution in [2.75, 3.05) is 26.7 Å². The highest BCUT2D eigenvalue weighted by atomic mass is 32.1. The Morgan fingerprint density at radius 2 is 2.11 bits per heavy atom. The molecule has 1 N–H and O–H groups in total. The van der Waals surface area contributed by atoms with Crippen LogP contribution < -0.4 is 14.9 Å². The van der Waals surface area contributed by atoms with Crippen molar-refractivity contribution in [2.45, 2.75) is 38.0 Å². The van der Waals surface area contributed by atoms with Crippen LogP contribution in [0.3, 0.4) is 0 Å². The number of ether oxygens (including phenoxy) is 2. The first-order valence-corrected chi connectivity index (χ1v) is 11.0. The quantitative estimate of drug-likeness (QED) is 0.835. The van der Waals surface area contributed by atoms with Gasteiger partial charge in [-0.3, -0.25) is 0 Å². The zero-order valence-electron chi connectivity index (χ0n) is 16.5. The first-order chi connectivity index (χ1) is 13.7. The van der Waals surface area contributed by atoms with Crippen LogP contribution in [0.1, 0.15) is 42.7 Å². The molecule has 5 rings (SSSR count). The molecule has 1 fully saturated rings. The monoisotopic (exact) mass is 397 g/mol. The fraction of sp³-hybridized carbons (Fsp3) is 0.455. The third-order valence-electron chi connectivity index (χ3n) is 6.09. The zero-order valence-corrected chi connectivity index (χ0v) is 17.3. The smallest absolute Gasteiger partial charge is 0.183 e. The van der Waals surface area contributed by atoms with Crippen LogP contribution in [0, 0.1) is 0 Å². The summed E-state index contributed by atoms with van der Waals surface area (Å²) in [5.74, 6) is 1.73. The molecule has 0 unspecified atom stereocenters. The molecule has 148 valence electrons. The highest BCUT2D eigenvalue weighted by Crippen LogP contribution is 2.51. The lowest BCUT2D eigenvalue weighted by Crippen LogP contribution is -2.63. The number of hydrogen-bond acceptors (Lipinski definition) is 6. The number of thiophene rings is 1. The maximum atomic E-state index is 6.77. The molecule has 1 saturated heterocycles. The lowest BCUT2D eigenvalue weighted by atomic mass is 9.92. The maximum Gasteiger partial charge on any atom is 0.183 e. The number of piperidine rings is 1. The van der Waals surface area contributed by atoms with Gasteiger partial charge in [0.05, 0.1) is 23.7 Å². The minimum Gasteiger partial charge on any atom is -0.493 e. The standard InChI is InChI=1S/C22H27N3O2S/c1-3-11-24-12-9-22(10-13-24)25-18(15-17(23-25)20-8-5-14-28-20)16-6-4-7-19(26-2)21(16)27-22/h4-8,14-15,18,23H,3,9-13H2,1-2H3/t18-/m0/s1. The molecular formula is C22H27N3O2S. The summed E-state index contributed by atoms with van der Waals surface area (Å²) in [6, 6.07) is 10.6. The number of hydrazine groups is 1. The first-order valence-electron chi connectivity index (χ1n) is 10.1. The molecule has 0 radical (unpaired) electrons. The predicted molar refractivity (Wildman–Crippen MR) is 112 cm³/mol. The van der Waals surface area contributed by atoms with E-state index in [4.69, 9.17) is 9.47 Å². The lowest BCUT2D eigenvalue weighted by molar-refractivity contribution is -0.160. The average Bonchev–Trinajstić information content (AvgIpc) is 3.40. The third-order valence-corrected chi connectivity index (χ3v) is 6.99. The fourth-order valence-corrected chi connectivity index (χ4v) is 5.38. The Balaban J connectivity index is 1.54. The molecule has 0 saturated carbocycles. The molecule has 1 atom stereocenters. The number of hydrogen-bond donors (Lipinski definition) is 1. The molecule has 5 nitrogen and oxygen atoms in total. The summed E-state index contributed by atoms with van der Waals surface area (Å²) in [5.41, 5.74) is 5.69. The number of nitrogens with zero attached hydrogens (tertiary/aromatic N) is 2. The van der Waals surface area contributed by atoms with E-state index in [0.29, 0.717) is 0 Å². The van der Waals surface area contributed by atoms with Crippen molar-refractivity contribution in [3.05, 3.63) is 52.2 Å². The van der Waals surface area contributed by atoms with Crippen molar-refractivity contribution in [3.63, 3.8) is 0 Å². The van der Waals surface area contributed by atoms with Crippen LogP contribution in [0.15, 0.2) is 41.8 Å². The minimum absolute atomic E-state index is 0.147. The molecule has 3 aliphatic heterocycles. The summed E-state index contributed by atoms with van der Waals surface area (Å²) in [4.78, 5) is 3.81. The number of fused-ring (bicyclic) bond motifs is 4. The van der Waals surface area contributed by atoms with Crippen LogP contribution in [0.5, 0.6) is 11.5 Å². The average molecular weight is 398 g/mol. The summed E-state index contributed by atoms with van der Waals surface area (Å²) >= 11 is 1.77. The van der Waals surface area contributed by atoms with E-state index >= 15 is 0 Å². The summed E-state index contributed by atoms with van der Waals surface area (Å²) in [5, 5.41) is 4.48. The van der Waals surface area contributed by atoms with Gasteiger partial charge in [-0.2, -0.15) is 5.01 Å². The second-order valence-electron chi connectivity index (χ2n) is 7.75. The Kier molecular flexibility index (Phi) is 4.57. The fourth-order valence-electron chi connectivity index (χ4n) is 4.68. The van der Waals surface area contributed by atoms with Crippen LogP contribution in [0.2, 0.25) is 0 Å². The van der Waals surface area contributed by atoms with Gasteiger partial charge < -0.3 is 19.8 Å². The van der Waals surface area contributed by atoms with Crippen LogP contribution in [0.4, 0.5) is 0 Å². The van der Waals surface area contributed by atoms with Gasteiger partial charge in [0.2, 0.25) is 0 Å². The topological polar surface area (TPSA) is 37.0 Å². The Hall–Kier alpha value is -2.02. The van der Waals surface area contributed by atoms with Crippen molar-refractivity contribution in [2.24, 2.45) is 0 Å². The minimum atomic E-state index is -0.355. The van der Waals surface area contributed by atoms with E-state index in [2.05, 4.69) is 58.0 Å². The number of nitrogens with one attached hydrogen (secondary N) is 1. The van der Waals surface area contributed by atoms with Gasteiger partial charge in [-0.25, -0.2) is 0 Å². The van der Waals surface area contributed by atoms with Gasteiger partial charge in [-0.1, -0.05) is 25.1 Å². The molecule has 0 bridgehead atoms. The Morgan fingerprint density at radius 3 is 2.82 bits per heavy atom. The second-order valence-corrected chi connectivity index (χ2v) is 8.70. The van der Waals surface area contributed by atoms with Crippen LogP contribution >= 0.6 is 11.3 Å². The van der Waals surface area contributed by atoms with Gasteiger partial charge in [-0.15, -0.1) is 11.3 Å². The van der Waals surface area contributed by atoms with E-state index < -0.39 is 0 Å². The molecule has 1 aromatic heterocycles. The molecule has 4 heterocycles. The van der Waals surface area contributed by atoms with Crippen LogP contribution in [-0.4, -0.2) is 42.4 Å². The highest BCUT2D eigenvalue weighted by molar-refractivity contribution is 7.11. The summed E-state index contributed by atoms with van der Waals surface area (Å²) in [7, 11) is 1.72. The zero-order chi connectivity index (χ0) is 19.1. The molecule has 0 aliphatic carbocycles. The van der Waals surface area contributed by atoms with Gasteiger partial charge in [0, 0.05) is 31.5 Å². The largest absolute Gasteiger partial charge is 0.493 e. The molecule has 0 amide bonds. The summed E-state index contributed by atoms with van der Waals surface area (Å²) in [6.07, 6.45) is 5.48. The molecule has 1 aromatic carbocycles. The van der Waals surface area contributed by atoms with E-state index in [1.807, 2.05) is 6.07 Å². The van der Waals surface area contributed by atoms with Crippen molar-refractivity contribution in [3.8, 4) is 11.5 Å². The molecule has 28 heavy (non-hydrogen) atoms. The number of para-hydroxylation sites is 1. The van der Waals surface area contributed by atoms with E-state index in [1.165, 1.54) is 22.6 Å². The molecule has 1 spiro atoms. The Labute approximate surface area is 170 Å². The number of rotatable bonds is 4. The molecular weight excluding hydrogens is 370 g/mol. The third kappa shape index (κ3) is 2.82. The normalized spacial score (nSPS) is 23.5. The van der Waals surface area contributed by atoms with Gasteiger partial charge >= 0.3 is 0 Å². The molecule has 6 heteroatoms. The van der Waals surface area contributed by atoms with Gasteiger partial charge in [0.25, 0.3) is 0 Å². The number of methoxy groups -OCH3 is 1. The second kappa shape index (κ2) is 7.10. The van der Waals surface area contributed by atoms with E-state index in [1.54, 1.807) is 18.4 Å². The summed E-state index contributed by atoms with van der Waals surface area (Å²) in [6.45, 7) is 5.51. The van der Waals surface area contributed by atoms with Crippen LogP contribution in [-0.2, 0) is 0 Å². The number of benzene rings is 1. The van der Waals surface area contributed by atoms with Gasteiger partial charge in [0.15, 0.2) is 17.2 Å². The lowest BCUT2D eigenvalue weighted by Gasteiger charge is -2.51. The van der Waals surface area contributed by atoms with Crippen molar-refractivity contribution in [1.29, 1.82) is 0 Å². The van der Waals surface area contributed by atoms with Gasteiger partial charge in [-0.05, 0) is 36.6 Å². The van der Waals surface area contributed by atoms with Crippen molar-refractivity contribution in [1.82, 2.24) is 15.3 Å². The maximum absolute atomic E-state index is 6.77. The van der Waals surface area contributed by atoms with Crippen molar-refractivity contribution >= 4 is 17.0 Å².